The lowest BCUT2D eigenvalue weighted by atomic mass is 10.0. The highest BCUT2D eigenvalue weighted by molar-refractivity contribution is 5.67. The largest absolute Gasteiger partial charge is 0.355 e. The normalized spacial score (nSPS) is 12.6. The van der Waals surface area contributed by atoms with Crippen molar-refractivity contribution in [2.24, 2.45) is 14.1 Å². The maximum atomic E-state index is 3.94. The first-order chi connectivity index (χ1) is 20.3. The summed E-state index contributed by atoms with van der Waals surface area (Å²) in [5, 5.41) is 5.04. The maximum Gasteiger partial charge on any atom is 0.0465 e. The van der Waals surface area contributed by atoms with E-state index < -0.39 is 0 Å². The summed E-state index contributed by atoms with van der Waals surface area (Å²) >= 11 is 0. The molecular weight excluding hydrogens is 512 g/mol. The second kappa shape index (κ2) is 12.1. The Labute approximate surface area is 252 Å². The number of aromatic amines is 2. The molecule has 2 N–H and O–H groups in total. The molecule has 224 valence electrons. The topological polar surface area (TPSA) is 41.4 Å². The minimum absolute atomic E-state index is 1.02. The van der Waals surface area contributed by atoms with Crippen molar-refractivity contribution in [3.8, 4) is 0 Å². The fraction of sp³-hybridized carbons (Fsp3) is 0.474. The number of H-pyrrole nitrogens is 2. The maximum absolute atomic E-state index is 3.94. The van der Waals surface area contributed by atoms with Gasteiger partial charge in [0.2, 0.25) is 0 Å². The summed E-state index contributed by atoms with van der Waals surface area (Å²) in [6.07, 6.45) is 17.9. The van der Waals surface area contributed by atoms with Crippen molar-refractivity contribution < 1.29 is 0 Å². The van der Waals surface area contributed by atoms with Crippen LogP contribution in [0.15, 0.2) is 0 Å². The first-order valence-electron chi connectivity index (χ1n) is 16.6. The summed E-state index contributed by atoms with van der Waals surface area (Å²) in [4.78, 5) is 7.87. The van der Waals surface area contributed by atoms with Gasteiger partial charge in [-0.25, -0.2) is 0 Å². The van der Waals surface area contributed by atoms with Crippen LogP contribution >= 0.6 is 0 Å². The predicted octanol–water partition coefficient (Wildman–Crippen LogP) is 5.15. The van der Waals surface area contributed by atoms with Gasteiger partial charge >= 0.3 is 0 Å². The van der Waals surface area contributed by atoms with Gasteiger partial charge in [-0.3, -0.25) is 0 Å². The first kappa shape index (κ1) is 30.1. The molecule has 0 saturated carbocycles. The molecule has 0 aliphatic carbocycles. The van der Waals surface area contributed by atoms with Crippen molar-refractivity contribution >= 4 is 24.3 Å². The molecule has 1 aliphatic rings. The SMILES string of the molecule is CCc1c(CC)c2n(C)c1C=c1[nH]c(c(CC)c1CC)=Cc1c(CC)c(CC)c(n1C)C=c1[nH]c(c(CC)c1CC)=C2. The van der Waals surface area contributed by atoms with Gasteiger partial charge in [0.25, 0.3) is 0 Å². The molecule has 0 unspecified atom stereocenters. The quantitative estimate of drug-likeness (QED) is 0.262. The summed E-state index contributed by atoms with van der Waals surface area (Å²) in [6, 6.07) is 0. The number of nitrogens with one attached hydrogen (secondary N) is 2. The van der Waals surface area contributed by atoms with E-state index in [0.29, 0.717) is 0 Å². The molecule has 4 aromatic rings. The molecule has 0 saturated heterocycles. The van der Waals surface area contributed by atoms with E-state index in [9.17, 15) is 0 Å². The van der Waals surface area contributed by atoms with E-state index in [1.165, 1.54) is 88.7 Å². The van der Waals surface area contributed by atoms with Crippen LogP contribution in [0.25, 0.3) is 24.3 Å². The fourth-order valence-electron chi connectivity index (χ4n) is 7.90. The van der Waals surface area contributed by atoms with Gasteiger partial charge in [-0.1, -0.05) is 55.4 Å². The first-order valence-corrected chi connectivity index (χ1v) is 16.6. The van der Waals surface area contributed by atoms with Crippen LogP contribution in [0.4, 0.5) is 0 Å². The highest BCUT2D eigenvalue weighted by atomic mass is 15.0. The molecule has 4 aromatic heterocycles. The molecule has 5 heterocycles. The summed E-state index contributed by atoms with van der Waals surface area (Å²) in [5.41, 5.74) is 17.0. The van der Waals surface area contributed by atoms with E-state index in [1.54, 1.807) is 0 Å². The third-order valence-electron chi connectivity index (χ3n) is 9.93. The van der Waals surface area contributed by atoms with Crippen molar-refractivity contribution in [2.75, 3.05) is 0 Å². The predicted molar refractivity (Wildman–Crippen MR) is 180 cm³/mol. The average Bonchev–Trinajstić information content (AvgIpc) is 3.67. The number of rotatable bonds is 8. The number of hydrogen-bond acceptors (Lipinski definition) is 0. The van der Waals surface area contributed by atoms with Gasteiger partial charge in [0.1, 0.15) is 0 Å². The van der Waals surface area contributed by atoms with Crippen molar-refractivity contribution in [1.82, 2.24) is 19.1 Å². The monoisotopic (exact) mass is 564 g/mol. The summed E-state index contributed by atoms with van der Waals surface area (Å²) in [6.45, 7) is 18.4. The minimum atomic E-state index is 1.02. The molecule has 8 bridgehead atoms. The van der Waals surface area contributed by atoms with Gasteiger partial charge in [0.05, 0.1) is 0 Å². The Morgan fingerprint density at radius 3 is 0.714 bits per heavy atom. The van der Waals surface area contributed by atoms with Gasteiger partial charge in [-0.15, -0.1) is 0 Å². The summed E-state index contributed by atoms with van der Waals surface area (Å²) < 4.78 is 4.89. The summed E-state index contributed by atoms with van der Waals surface area (Å²) in [5.74, 6) is 0. The zero-order chi connectivity index (χ0) is 30.3. The van der Waals surface area contributed by atoms with Gasteiger partial charge in [0.15, 0.2) is 0 Å². The molecule has 1 aliphatic heterocycles. The average molecular weight is 565 g/mol. The number of nitrogens with zero attached hydrogens (tertiary/aromatic N) is 2. The van der Waals surface area contributed by atoms with Gasteiger partial charge in [-0.05, 0) is 120 Å². The van der Waals surface area contributed by atoms with E-state index >= 15 is 0 Å². The number of aromatic nitrogens is 4. The number of hydrogen-bond donors (Lipinski definition) is 2. The van der Waals surface area contributed by atoms with Crippen LogP contribution < -0.4 is 21.4 Å². The Bertz CT molecular complexity index is 1610. The Hall–Kier alpha value is -3.40. The van der Waals surface area contributed by atoms with E-state index in [0.717, 1.165) is 51.4 Å². The van der Waals surface area contributed by atoms with Crippen LogP contribution in [0, 0.1) is 0 Å². The van der Waals surface area contributed by atoms with Crippen molar-refractivity contribution in [2.45, 2.75) is 107 Å². The third kappa shape index (κ3) is 4.58. The zero-order valence-electron chi connectivity index (χ0n) is 27.9. The van der Waals surface area contributed by atoms with Crippen LogP contribution in [0.1, 0.15) is 123 Å². The molecule has 0 amide bonds. The Morgan fingerprint density at radius 2 is 0.548 bits per heavy atom. The van der Waals surface area contributed by atoms with Crippen LogP contribution in [-0.2, 0) is 65.5 Å². The molecular formula is C38H52N4. The molecule has 42 heavy (non-hydrogen) atoms. The van der Waals surface area contributed by atoms with Crippen molar-refractivity contribution in [3.05, 3.63) is 88.7 Å². The van der Waals surface area contributed by atoms with Crippen LogP contribution in [0.5, 0.6) is 0 Å². The van der Waals surface area contributed by atoms with E-state index in [4.69, 9.17) is 0 Å². The molecule has 0 spiro atoms. The van der Waals surface area contributed by atoms with E-state index in [2.05, 4.69) is 113 Å². The van der Waals surface area contributed by atoms with Gasteiger partial charge < -0.3 is 19.1 Å². The Balaban J connectivity index is 2.07. The molecule has 4 heteroatoms. The Kier molecular flexibility index (Phi) is 8.64. The highest BCUT2D eigenvalue weighted by Crippen LogP contribution is 2.27. The van der Waals surface area contributed by atoms with Gasteiger partial charge in [-0.2, -0.15) is 0 Å². The molecule has 5 rings (SSSR count). The van der Waals surface area contributed by atoms with Crippen LogP contribution in [-0.4, -0.2) is 19.1 Å². The Morgan fingerprint density at radius 1 is 0.357 bits per heavy atom. The lowest BCUT2D eigenvalue weighted by molar-refractivity contribution is 0.884. The highest BCUT2D eigenvalue weighted by Gasteiger charge is 2.20. The van der Waals surface area contributed by atoms with E-state index in [1.807, 2.05) is 0 Å². The molecule has 0 fully saturated rings. The third-order valence-corrected chi connectivity index (χ3v) is 9.93. The van der Waals surface area contributed by atoms with E-state index in [-0.39, 0.29) is 0 Å². The zero-order valence-corrected chi connectivity index (χ0v) is 27.9. The van der Waals surface area contributed by atoms with Crippen LogP contribution in [0.3, 0.4) is 0 Å². The molecule has 0 atom stereocenters. The molecule has 0 radical (unpaired) electrons. The lowest BCUT2D eigenvalue weighted by Crippen LogP contribution is -2.16. The van der Waals surface area contributed by atoms with Crippen LogP contribution in [0.2, 0.25) is 0 Å². The lowest BCUT2D eigenvalue weighted by Gasteiger charge is -2.04. The van der Waals surface area contributed by atoms with Crippen molar-refractivity contribution in [3.63, 3.8) is 0 Å². The molecule has 4 nitrogen and oxygen atoms in total. The minimum Gasteiger partial charge on any atom is -0.355 e. The number of fused-ring (bicyclic) bond motifs is 8. The summed E-state index contributed by atoms with van der Waals surface area (Å²) in [7, 11) is 4.52. The smallest absolute Gasteiger partial charge is 0.0465 e. The second-order valence-electron chi connectivity index (χ2n) is 11.8. The fourth-order valence-corrected chi connectivity index (χ4v) is 7.90. The molecule has 0 aromatic carbocycles. The standard InChI is InChI=1S/C38H52N4/c1-11-23-24(12-2)32-20-36-29(17-7)30(18-8)38(42(36)10)22-34-26(14-4)25(13-3)33(40-34)21-37-28(16-6)27(15-5)35(41(37)9)19-31(23)39-32/h19-22,39-40H,11-18H2,1-10H3. The second-order valence-corrected chi connectivity index (χ2v) is 11.8. The van der Waals surface area contributed by atoms with Gasteiger partial charge in [0, 0.05) is 58.3 Å². The van der Waals surface area contributed by atoms with Crippen molar-refractivity contribution in [1.29, 1.82) is 0 Å².